The van der Waals surface area contributed by atoms with Gasteiger partial charge in [-0.25, -0.2) is 0 Å². The van der Waals surface area contributed by atoms with E-state index in [9.17, 15) is 0 Å². The van der Waals surface area contributed by atoms with Crippen LogP contribution in [0.3, 0.4) is 0 Å². The number of hydrogen-bond donors (Lipinski definition) is 1. The molecule has 0 saturated carbocycles. The monoisotopic (exact) mass is 315 g/mol. The lowest BCUT2D eigenvalue weighted by Gasteiger charge is -2.07. The van der Waals surface area contributed by atoms with Crippen molar-refractivity contribution < 1.29 is 18.7 Å². The van der Waals surface area contributed by atoms with Crippen LogP contribution in [0.25, 0.3) is 11.4 Å². The molecule has 2 rings (SSSR count). The molecule has 0 aliphatic carbocycles. The van der Waals surface area contributed by atoms with E-state index in [1.165, 1.54) is 7.11 Å². The number of methoxy groups -OCH3 is 3. The number of ether oxygens (including phenoxy) is 3. The lowest BCUT2D eigenvalue weighted by molar-refractivity contribution is 0.0804. The van der Waals surface area contributed by atoms with Gasteiger partial charge in [-0.2, -0.15) is 4.98 Å². The molecule has 1 unspecified atom stereocenters. The Morgan fingerprint density at radius 1 is 1.19 bits per heavy atom. The molecule has 0 aliphatic rings. The first kappa shape index (κ1) is 17.2. The van der Waals surface area contributed by atoms with Crippen LogP contribution in [0.5, 0.6) is 11.5 Å². The third-order valence-corrected chi connectivity index (χ3v) is 2.86. The summed E-state index contributed by atoms with van der Waals surface area (Å²) in [6.45, 7) is 0.268. The van der Waals surface area contributed by atoms with Gasteiger partial charge in [-0.3, -0.25) is 0 Å². The second kappa shape index (κ2) is 7.82. The van der Waals surface area contributed by atoms with Gasteiger partial charge in [0.2, 0.25) is 5.82 Å². The summed E-state index contributed by atoms with van der Waals surface area (Å²) < 4.78 is 20.7. The molecule has 21 heavy (non-hydrogen) atoms. The van der Waals surface area contributed by atoms with E-state index in [0.717, 1.165) is 5.56 Å². The van der Waals surface area contributed by atoms with Gasteiger partial charge >= 0.3 is 0 Å². The molecule has 0 aliphatic heterocycles. The SMILES string of the molecule is COc1ccc(-c2noc(C(CN)OC)n2)cc1OC.Cl. The summed E-state index contributed by atoms with van der Waals surface area (Å²) >= 11 is 0. The number of benzene rings is 1. The van der Waals surface area contributed by atoms with Gasteiger partial charge in [0.25, 0.3) is 5.89 Å². The fourth-order valence-electron chi connectivity index (χ4n) is 1.76. The predicted molar refractivity (Wildman–Crippen MR) is 78.9 cm³/mol. The zero-order valence-corrected chi connectivity index (χ0v) is 12.8. The predicted octanol–water partition coefficient (Wildman–Crippen LogP) is 1.82. The van der Waals surface area contributed by atoms with Gasteiger partial charge in [-0.1, -0.05) is 5.16 Å². The maximum Gasteiger partial charge on any atom is 0.257 e. The van der Waals surface area contributed by atoms with Gasteiger partial charge < -0.3 is 24.5 Å². The molecule has 116 valence electrons. The first-order chi connectivity index (χ1) is 9.73. The van der Waals surface area contributed by atoms with E-state index in [-0.39, 0.29) is 19.0 Å². The Morgan fingerprint density at radius 2 is 1.90 bits per heavy atom. The number of nitrogens with two attached hydrogens (primary N) is 1. The van der Waals surface area contributed by atoms with Crippen molar-refractivity contribution in [2.24, 2.45) is 5.73 Å². The van der Waals surface area contributed by atoms with E-state index in [2.05, 4.69) is 10.1 Å². The molecule has 1 aromatic carbocycles. The Bertz CT molecular complexity index is 572. The summed E-state index contributed by atoms with van der Waals surface area (Å²) in [6.07, 6.45) is -0.406. The van der Waals surface area contributed by atoms with Crippen LogP contribution < -0.4 is 15.2 Å². The minimum atomic E-state index is -0.406. The van der Waals surface area contributed by atoms with Crippen molar-refractivity contribution in [3.05, 3.63) is 24.1 Å². The van der Waals surface area contributed by atoms with Crippen LogP contribution >= 0.6 is 12.4 Å². The summed E-state index contributed by atoms with van der Waals surface area (Å²) in [7, 11) is 4.69. The van der Waals surface area contributed by atoms with E-state index in [4.69, 9.17) is 24.5 Å². The molecule has 1 heterocycles. The highest BCUT2D eigenvalue weighted by molar-refractivity contribution is 5.85. The van der Waals surface area contributed by atoms with Gasteiger partial charge in [0.05, 0.1) is 14.2 Å². The van der Waals surface area contributed by atoms with Crippen LogP contribution in [-0.4, -0.2) is 38.0 Å². The Labute approximate surface area is 128 Å². The molecular formula is C13H18ClN3O4. The Hall–Kier alpha value is -1.83. The lowest BCUT2D eigenvalue weighted by Crippen LogP contribution is -2.14. The molecule has 0 bridgehead atoms. The number of hydrogen-bond acceptors (Lipinski definition) is 7. The number of aromatic nitrogens is 2. The molecule has 8 heteroatoms. The minimum absolute atomic E-state index is 0. The standard InChI is InChI=1S/C13H17N3O4.ClH/c1-17-9-5-4-8(6-10(9)18-2)12-15-13(20-16-12)11(7-14)19-3;/h4-6,11H,7,14H2,1-3H3;1H. The maximum absolute atomic E-state index is 5.56. The van der Waals surface area contributed by atoms with E-state index in [1.54, 1.807) is 26.4 Å². The first-order valence-electron chi connectivity index (χ1n) is 6.02. The van der Waals surface area contributed by atoms with Crippen molar-refractivity contribution in [1.82, 2.24) is 10.1 Å². The van der Waals surface area contributed by atoms with Crippen LogP contribution in [-0.2, 0) is 4.74 Å². The normalized spacial score (nSPS) is 11.6. The van der Waals surface area contributed by atoms with Gasteiger partial charge in [0, 0.05) is 19.2 Å². The van der Waals surface area contributed by atoms with Crippen LogP contribution in [0.4, 0.5) is 0 Å². The van der Waals surface area contributed by atoms with Gasteiger partial charge in [-0.05, 0) is 18.2 Å². The van der Waals surface area contributed by atoms with E-state index < -0.39 is 6.10 Å². The molecule has 0 amide bonds. The van der Waals surface area contributed by atoms with Crippen molar-refractivity contribution in [2.45, 2.75) is 6.10 Å². The molecule has 7 nitrogen and oxygen atoms in total. The van der Waals surface area contributed by atoms with Crippen molar-refractivity contribution in [2.75, 3.05) is 27.9 Å². The Morgan fingerprint density at radius 3 is 2.48 bits per heavy atom. The van der Waals surface area contributed by atoms with E-state index in [0.29, 0.717) is 23.2 Å². The molecule has 0 spiro atoms. The van der Waals surface area contributed by atoms with Gasteiger partial charge in [0.15, 0.2) is 11.5 Å². The van der Waals surface area contributed by atoms with Crippen LogP contribution in [0.2, 0.25) is 0 Å². The fraction of sp³-hybridized carbons (Fsp3) is 0.385. The van der Waals surface area contributed by atoms with E-state index >= 15 is 0 Å². The zero-order chi connectivity index (χ0) is 14.5. The van der Waals surface area contributed by atoms with Crippen molar-refractivity contribution in [3.63, 3.8) is 0 Å². The summed E-state index contributed by atoms with van der Waals surface area (Å²) in [4.78, 5) is 4.27. The third kappa shape index (κ3) is 3.63. The number of nitrogens with zero attached hydrogens (tertiary/aromatic N) is 2. The van der Waals surface area contributed by atoms with Crippen LogP contribution in [0.1, 0.15) is 12.0 Å². The third-order valence-electron chi connectivity index (χ3n) is 2.86. The van der Waals surface area contributed by atoms with E-state index in [1.807, 2.05) is 6.07 Å². The second-order valence-electron chi connectivity index (χ2n) is 3.99. The highest BCUT2D eigenvalue weighted by Crippen LogP contribution is 2.31. The molecule has 2 aromatic rings. The molecule has 0 saturated heterocycles. The van der Waals surface area contributed by atoms with Gasteiger partial charge in [-0.15, -0.1) is 12.4 Å². The second-order valence-corrected chi connectivity index (χ2v) is 3.99. The topological polar surface area (TPSA) is 92.6 Å². The summed E-state index contributed by atoms with van der Waals surface area (Å²) in [5.41, 5.74) is 6.31. The van der Waals surface area contributed by atoms with Crippen LogP contribution in [0.15, 0.2) is 22.7 Å². The first-order valence-corrected chi connectivity index (χ1v) is 6.02. The maximum atomic E-state index is 5.56. The average molecular weight is 316 g/mol. The largest absolute Gasteiger partial charge is 0.493 e. The smallest absolute Gasteiger partial charge is 0.257 e. The molecule has 2 N–H and O–H groups in total. The van der Waals surface area contributed by atoms with Crippen molar-refractivity contribution in [3.8, 4) is 22.9 Å². The minimum Gasteiger partial charge on any atom is -0.493 e. The molecule has 1 atom stereocenters. The molecule has 0 fully saturated rings. The zero-order valence-electron chi connectivity index (χ0n) is 12.0. The summed E-state index contributed by atoms with van der Waals surface area (Å²) in [6, 6.07) is 5.37. The molecule has 0 radical (unpaired) electrons. The van der Waals surface area contributed by atoms with Crippen molar-refractivity contribution >= 4 is 12.4 Å². The molecular weight excluding hydrogens is 298 g/mol. The van der Waals surface area contributed by atoms with Gasteiger partial charge in [0.1, 0.15) is 6.10 Å². The van der Waals surface area contributed by atoms with Crippen LogP contribution in [0, 0.1) is 0 Å². The summed E-state index contributed by atoms with van der Waals surface area (Å²) in [5, 5.41) is 3.92. The number of rotatable bonds is 6. The lowest BCUT2D eigenvalue weighted by atomic mass is 10.2. The quantitative estimate of drug-likeness (QED) is 0.869. The summed E-state index contributed by atoms with van der Waals surface area (Å²) in [5.74, 6) is 2.02. The van der Waals surface area contributed by atoms with Crippen molar-refractivity contribution in [1.29, 1.82) is 0 Å². The fourth-order valence-corrected chi connectivity index (χ4v) is 1.76. The highest BCUT2D eigenvalue weighted by Gasteiger charge is 2.18. The average Bonchev–Trinajstić information content (AvgIpc) is 2.97. The number of halogens is 1. The Balaban J connectivity index is 0.00000220. The Kier molecular flexibility index (Phi) is 6.41. The highest BCUT2D eigenvalue weighted by atomic mass is 35.5. The molecule has 1 aromatic heterocycles.